The minimum atomic E-state index is -2.63. The zero-order chi connectivity index (χ0) is 27.6. The number of rotatable bonds is 8. The van der Waals surface area contributed by atoms with E-state index >= 15 is 0 Å². The van der Waals surface area contributed by atoms with E-state index in [1.807, 2.05) is 0 Å². The molecule has 9 nitrogen and oxygen atoms in total. The average Bonchev–Trinajstić information content (AvgIpc) is 2.85. The molecule has 14 heteroatoms. The smallest absolute Gasteiger partial charge is 0.328 e. The highest BCUT2D eigenvalue weighted by Gasteiger charge is 2.36. The second kappa shape index (κ2) is 13.7. The van der Waals surface area contributed by atoms with Crippen LogP contribution >= 0.6 is 11.6 Å². The monoisotopic (exact) mass is 546 g/mol. The van der Waals surface area contributed by atoms with Crippen molar-refractivity contribution in [3.05, 3.63) is 70.5 Å². The van der Waals surface area contributed by atoms with Crippen LogP contribution in [0, 0.1) is 5.82 Å². The van der Waals surface area contributed by atoms with E-state index in [4.69, 9.17) is 21.8 Å². The van der Waals surface area contributed by atoms with Crippen LogP contribution in [0.3, 0.4) is 0 Å². The van der Waals surface area contributed by atoms with Crippen LogP contribution in [0.5, 0.6) is 0 Å². The lowest BCUT2D eigenvalue weighted by molar-refractivity contribution is -0.134. The Bertz CT molecular complexity index is 1110. The number of piperidine rings is 1. The van der Waals surface area contributed by atoms with Gasteiger partial charge < -0.3 is 20.4 Å². The Morgan fingerprint density at radius 1 is 1.11 bits per heavy atom. The van der Waals surface area contributed by atoms with Crippen molar-refractivity contribution in [2.75, 3.05) is 19.6 Å². The van der Waals surface area contributed by atoms with Crippen molar-refractivity contribution in [1.82, 2.24) is 20.2 Å². The number of carbonyl (C=O) groups excluding carboxylic acids is 1. The summed E-state index contributed by atoms with van der Waals surface area (Å²) in [7, 11) is 0. The zero-order valence-electron chi connectivity index (χ0n) is 19.2. The summed E-state index contributed by atoms with van der Waals surface area (Å²) in [5.74, 6) is -3.16. The SMILES string of the molecule is O=C(O)/C=C/C(=O)O.O=C(c1ccc(F)c(Cl)c1)N1CCC(F)(CNCc2ncc(C(F)F)cn2)CC1. The average molecular weight is 547 g/mol. The second-order valence-electron chi connectivity index (χ2n) is 7.92. The van der Waals surface area contributed by atoms with Crippen molar-refractivity contribution >= 4 is 29.4 Å². The van der Waals surface area contributed by atoms with E-state index in [1.54, 1.807) is 0 Å². The largest absolute Gasteiger partial charge is 0.478 e. The van der Waals surface area contributed by atoms with Gasteiger partial charge in [-0.25, -0.2) is 37.1 Å². The highest BCUT2D eigenvalue weighted by Crippen LogP contribution is 2.27. The number of carboxylic acids is 2. The predicted octanol–water partition coefficient (Wildman–Crippen LogP) is 3.65. The lowest BCUT2D eigenvalue weighted by Crippen LogP contribution is -2.48. The fraction of sp³-hybridized carbons (Fsp3) is 0.348. The number of hydrogen-bond acceptors (Lipinski definition) is 6. The molecule has 1 aliphatic rings. The van der Waals surface area contributed by atoms with Crippen molar-refractivity contribution in [3.63, 3.8) is 0 Å². The highest BCUT2D eigenvalue weighted by molar-refractivity contribution is 6.31. The van der Waals surface area contributed by atoms with Gasteiger partial charge in [-0.1, -0.05) is 11.6 Å². The first-order valence-electron chi connectivity index (χ1n) is 10.8. The van der Waals surface area contributed by atoms with Crippen molar-refractivity contribution in [2.45, 2.75) is 31.5 Å². The normalized spacial score (nSPS) is 14.8. The van der Waals surface area contributed by atoms with E-state index in [-0.39, 0.29) is 61.1 Å². The predicted molar refractivity (Wildman–Crippen MR) is 123 cm³/mol. The summed E-state index contributed by atoms with van der Waals surface area (Å²) in [6.45, 7) is 0.598. The molecule has 0 radical (unpaired) electrons. The number of aromatic nitrogens is 2. The highest BCUT2D eigenvalue weighted by atomic mass is 35.5. The van der Waals surface area contributed by atoms with Crippen LogP contribution in [0.2, 0.25) is 5.02 Å². The fourth-order valence-electron chi connectivity index (χ4n) is 3.21. The maximum Gasteiger partial charge on any atom is 0.328 e. The van der Waals surface area contributed by atoms with Gasteiger partial charge in [0.2, 0.25) is 0 Å². The molecule has 200 valence electrons. The van der Waals surface area contributed by atoms with Gasteiger partial charge in [0, 0.05) is 62.6 Å². The van der Waals surface area contributed by atoms with E-state index < -0.39 is 29.9 Å². The van der Waals surface area contributed by atoms with Crippen molar-refractivity contribution in [2.24, 2.45) is 0 Å². The van der Waals surface area contributed by atoms with Gasteiger partial charge in [0.15, 0.2) is 0 Å². The number of halogens is 5. The number of amides is 1. The number of likely N-dealkylation sites (tertiary alicyclic amines) is 1. The summed E-state index contributed by atoms with van der Waals surface area (Å²) < 4.78 is 53.2. The topological polar surface area (TPSA) is 133 Å². The number of carbonyl (C=O) groups is 3. The number of nitrogens with one attached hydrogen (secondary N) is 1. The maximum absolute atomic E-state index is 15.0. The van der Waals surface area contributed by atoms with E-state index in [1.165, 1.54) is 17.0 Å². The van der Waals surface area contributed by atoms with Crippen LogP contribution in [0.15, 0.2) is 42.7 Å². The lowest BCUT2D eigenvalue weighted by Gasteiger charge is -2.36. The molecule has 1 aliphatic heterocycles. The van der Waals surface area contributed by atoms with Gasteiger partial charge in [-0.2, -0.15) is 0 Å². The minimum absolute atomic E-state index is 0.0252. The van der Waals surface area contributed by atoms with Gasteiger partial charge in [-0.15, -0.1) is 0 Å². The van der Waals surface area contributed by atoms with Crippen molar-refractivity contribution in [1.29, 1.82) is 0 Å². The fourth-order valence-corrected chi connectivity index (χ4v) is 3.39. The number of aliphatic carboxylic acids is 2. The Balaban J connectivity index is 0.000000521. The minimum Gasteiger partial charge on any atom is -0.478 e. The third-order valence-corrected chi connectivity index (χ3v) is 5.47. The molecule has 0 unspecified atom stereocenters. The molecule has 0 atom stereocenters. The lowest BCUT2D eigenvalue weighted by atomic mass is 9.92. The number of carboxylic acid groups (broad SMARTS) is 2. The van der Waals surface area contributed by atoms with Gasteiger partial charge in [-0.05, 0) is 18.2 Å². The zero-order valence-corrected chi connectivity index (χ0v) is 20.0. The molecular weight excluding hydrogens is 524 g/mol. The Labute approximate surface area is 213 Å². The molecule has 2 heterocycles. The Hall–Kier alpha value is -3.58. The number of nitrogens with zero attached hydrogens (tertiary/aromatic N) is 3. The summed E-state index contributed by atoms with van der Waals surface area (Å²) >= 11 is 5.71. The second-order valence-corrected chi connectivity index (χ2v) is 8.33. The molecule has 1 saturated heterocycles. The van der Waals surface area contributed by atoms with E-state index in [0.29, 0.717) is 18.0 Å². The van der Waals surface area contributed by atoms with Gasteiger partial charge >= 0.3 is 11.9 Å². The quantitative estimate of drug-likeness (QED) is 0.337. The Morgan fingerprint density at radius 2 is 1.68 bits per heavy atom. The molecule has 0 bridgehead atoms. The van der Waals surface area contributed by atoms with Gasteiger partial charge in [0.05, 0.1) is 17.1 Å². The Morgan fingerprint density at radius 3 is 2.16 bits per heavy atom. The molecule has 3 rings (SSSR count). The van der Waals surface area contributed by atoms with E-state index in [2.05, 4.69) is 15.3 Å². The molecule has 0 aliphatic carbocycles. The third kappa shape index (κ3) is 9.77. The van der Waals surface area contributed by atoms with Crippen LogP contribution in [0.25, 0.3) is 0 Å². The first-order chi connectivity index (χ1) is 17.4. The van der Waals surface area contributed by atoms with Gasteiger partial charge in [0.1, 0.15) is 17.3 Å². The first kappa shape index (κ1) is 29.6. The summed E-state index contributed by atoms with van der Waals surface area (Å²) in [5.41, 5.74) is -1.53. The summed E-state index contributed by atoms with van der Waals surface area (Å²) in [5, 5.41) is 18.4. The molecule has 37 heavy (non-hydrogen) atoms. The summed E-state index contributed by atoms with van der Waals surface area (Å²) in [6, 6.07) is 3.73. The summed E-state index contributed by atoms with van der Waals surface area (Å²) in [4.78, 5) is 40.7. The van der Waals surface area contributed by atoms with Crippen molar-refractivity contribution in [3.8, 4) is 0 Å². The number of benzene rings is 1. The third-order valence-electron chi connectivity index (χ3n) is 5.18. The van der Waals surface area contributed by atoms with Crippen LogP contribution in [-0.2, 0) is 16.1 Å². The summed E-state index contributed by atoms with van der Waals surface area (Å²) in [6.07, 6.45) is 0.838. The van der Waals surface area contributed by atoms with Crippen LogP contribution < -0.4 is 5.32 Å². The van der Waals surface area contributed by atoms with Crippen LogP contribution in [-0.4, -0.2) is 68.2 Å². The Kier molecular flexibility index (Phi) is 10.9. The van der Waals surface area contributed by atoms with E-state index in [9.17, 15) is 31.9 Å². The standard InChI is InChI=1S/C19H19ClF4N4O.C4H4O4/c20-14-7-12(1-2-15(14)21)18(29)28-5-3-19(24,4-6-28)11-25-10-16-26-8-13(9-27-16)17(22)23;5-3(6)1-2-4(7)8/h1-2,7-9,17,25H,3-6,10-11H2;1-2H,(H,5,6)(H,7,8)/b;2-1+. The van der Waals surface area contributed by atoms with Crippen molar-refractivity contribution < 1.29 is 42.2 Å². The maximum atomic E-state index is 15.0. The molecule has 0 saturated carbocycles. The molecular formula is C23H23ClF4N4O5. The molecule has 3 N–H and O–H groups in total. The van der Waals surface area contributed by atoms with Crippen LogP contribution in [0.4, 0.5) is 17.6 Å². The van der Waals surface area contributed by atoms with Gasteiger partial charge in [0.25, 0.3) is 12.3 Å². The molecule has 1 fully saturated rings. The number of hydrogen-bond donors (Lipinski definition) is 3. The molecule has 1 aromatic carbocycles. The first-order valence-corrected chi connectivity index (χ1v) is 11.1. The molecule has 1 amide bonds. The van der Waals surface area contributed by atoms with Gasteiger partial charge in [-0.3, -0.25) is 4.79 Å². The molecule has 0 spiro atoms. The van der Waals surface area contributed by atoms with Crippen LogP contribution in [0.1, 0.15) is 41.0 Å². The number of alkyl halides is 3. The molecule has 2 aromatic rings. The van der Waals surface area contributed by atoms with E-state index in [0.717, 1.165) is 18.5 Å². The molecule has 1 aromatic heterocycles.